The van der Waals surface area contributed by atoms with Gasteiger partial charge in [0, 0.05) is 27.4 Å². The number of nitrogens with one attached hydrogen (secondary N) is 1. The molecule has 0 bridgehead atoms. The molecule has 2 nitrogen and oxygen atoms in total. The van der Waals surface area contributed by atoms with E-state index in [0.717, 1.165) is 13.2 Å². The average Bonchev–Trinajstić information content (AvgIpc) is 2.95. The SMILES string of the molecule is CCNC(CCC1CCCO1)c1cc(Br)cs1. The summed E-state index contributed by atoms with van der Waals surface area (Å²) in [6, 6.07) is 2.72. The molecule has 1 N–H and O–H groups in total. The molecule has 17 heavy (non-hydrogen) atoms. The van der Waals surface area contributed by atoms with Gasteiger partial charge in [0.05, 0.1) is 6.10 Å². The van der Waals surface area contributed by atoms with Crippen LogP contribution < -0.4 is 5.32 Å². The minimum absolute atomic E-state index is 0.487. The highest BCUT2D eigenvalue weighted by Gasteiger charge is 2.19. The maximum Gasteiger partial charge on any atom is 0.0576 e. The molecule has 0 saturated carbocycles. The van der Waals surface area contributed by atoms with E-state index in [1.807, 2.05) is 11.3 Å². The molecule has 96 valence electrons. The third-order valence-corrected chi connectivity index (χ3v) is 4.99. The fourth-order valence-electron chi connectivity index (χ4n) is 2.33. The van der Waals surface area contributed by atoms with Crippen LogP contribution in [0.4, 0.5) is 0 Å². The maximum atomic E-state index is 5.69. The van der Waals surface area contributed by atoms with Gasteiger partial charge in [-0.05, 0) is 54.2 Å². The third kappa shape index (κ3) is 4.05. The fourth-order valence-corrected chi connectivity index (χ4v) is 3.88. The Bertz CT molecular complexity index is 336. The Labute approximate surface area is 116 Å². The predicted octanol–water partition coefficient (Wildman–Crippen LogP) is 4.12. The van der Waals surface area contributed by atoms with Crippen molar-refractivity contribution in [3.8, 4) is 0 Å². The number of hydrogen-bond acceptors (Lipinski definition) is 3. The van der Waals surface area contributed by atoms with E-state index in [0.29, 0.717) is 12.1 Å². The van der Waals surface area contributed by atoms with Crippen LogP contribution in [0, 0.1) is 0 Å². The van der Waals surface area contributed by atoms with Gasteiger partial charge in [-0.3, -0.25) is 0 Å². The lowest BCUT2D eigenvalue weighted by molar-refractivity contribution is 0.0997. The molecule has 1 fully saturated rings. The van der Waals surface area contributed by atoms with Crippen LogP contribution in [0.3, 0.4) is 0 Å². The van der Waals surface area contributed by atoms with Gasteiger partial charge in [0.15, 0.2) is 0 Å². The first-order chi connectivity index (χ1) is 8.29. The molecule has 1 aliphatic heterocycles. The van der Waals surface area contributed by atoms with Gasteiger partial charge in [-0.25, -0.2) is 0 Å². The molecule has 4 heteroatoms. The van der Waals surface area contributed by atoms with E-state index in [4.69, 9.17) is 4.74 Å². The molecule has 0 spiro atoms. The highest BCUT2D eigenvalue weighted by atomic mass is 79.9. The van der Waals surface area contributed by atoms with E-state index in [1.54, 1.807) is 0 Å². The zero-order chi connectivity index (χ0) is 12.1. The summed E-state index contributed by atoms with van der Waals surface area (Å²) >= 11 is 5.36. The lowest BCUT2D eigenvalue weighted by Gasteiger charge is -2.18. The van der Waals surface area contributed by atoms with Crippen molar-refractivity contribution < 1.29 is 4.74 Å². The van der Waals surface area contributed by atoms with E-state index >= 15 is 0 Å². The maximum absolute atomic E-state index is 5.69. The Kier molecular flexibility index (Phi) is 5.48. The van der Waals surface area contributed by atoms with Crippen molar-refractivity contribution in [1.82, 2.24) is 5.32 Å². The molecule has 0 radical (unpaired) electrons. The van der Waals surface area contributed by atoms with Gasteiger partial charge >= 0.3 is 0 Å². The molecular formula is C13H20BrNOS. The summed E-state index contributed by atoms with van der Waals surface area (Å²) in [5.74, 6) is 0. The van der Waals surface area contributed by atoms with Crippen LogP contribution in [0.15, 0.2) is 15.9 Å². The summed E-state index contributed by atoms with van der Waals surface area (Å²) in [5.41, 5.74) is 0. The van der Waals surface area contributed by atoms with Gasteiger partial charge in [0.1, 0.15) is 0 Å². The monoisotopic (exact) mass is 317 g/mol. The number of halogens is 1. The minimum Gasteiger partial charge on any atom is -0.378 e. The second kappa shape index (κ2) is 6.88. The fraction of sp³-hybridized carbons (Fsp3) is 0.692. The predicted molar refractivity (Wildman–Crippen MR) is 76.6 cm³/mol. The summed E-state index contributed by atoms with van der Waals surface area (Å²) in [5, 5.41) is 5.73. The van der Waals surface area contributed by atoms with Crippen molar-refractivity contribution >= 4 is 27.3 Å². The second-order valence-electron chi connectivity index (χ2n) is 4.49. The van der Waals surface area contributed by atoms with Crippen LogP contribution in [-0.2, 0) is 4.74 Å². The van der Waals surface area contributed by atoms with E-state index in [1.165, 1.54) is 35.0 Å². The molecular weight excluding hydrogens is 298 g/mol. The van der Waals surface area contributed by atoms with Crippen molar-refractivity contribution in [2.24, 2.45) is 0 Å². The summed E-state index contributed by atoms with van der Waals surface area (Å²) < 4.78 is 6.88. The van der Waals surface area contributed by atoms with Crippen molar-refractivity contribution in [3.63, 3.8) is 0 Å². The summed E-state index contributed by atoms with van der Waals surface area (Å²) in [7, 11) is 0. The molecule has 2 heterocycles. The number of ether oxygens (including phenoxy) is 1. The summed E-state index contributed by atoms with van der Waals surface area (Å²) in [6.45, 7) is 4.15. The van der Waals surface area contributed by atoms with E-state index in [9.17, 15) is 0 Å². The second-order valence-corrected chi connectivity index (χ2v) is 6.35. The van der Waals surface area contributed by atoms with Crippen LogP contribution in [0.1, 0.15) is 43.5 Å². The zero-order valence-electron chi connectivity index (χ0n) is 10.2. The third-order valence-electron chi connectivity index (χ3n) is 3.18. The molecule has 1 aliphatic rings. The van der Waals surface area contributed by atoms with Gasteiger partial charge in [-0.1, -0.05) is 6.92 Å². The molecule has 1 saturated heterocycles. The number of rotatable bonds is 6. The average molecular weight is 318 g/mol. The molecule has 0 aliphatic carbocycles. The van der Waals surface area contributed by atoms with Crippen molar-refractivity contribution in [3.05, 3.63) is 20.8 Å². The Morgan fingerprint density at radius 2 is 2.53 bits per heavy atom. The first kappa shape index (κ1) is 13.5. The van der Waals surface area contributed by atoms with Gasteiger partial charge in [0.2, 0.25) is 0 Å². The van der Waals surface area contributed by atoms with Gasteiger partial charge in [0.25, 0.3) is 0 Å². The molecule has 1 aromatic heterocycles. The van der Waals surface area contributed by atoms with Crippen molar-refractivity contribution in [1.29, 1.82) is 0 Å². The lowest BCUT2D eigenvalue weighted by atomic mass is 10.0. The van der Waals surface area contributed by atoms with Crippen molar-refractivity contribution in [2.45, 2.75) is 44.8 Å². The van der Waals surface area contributed by atoms with Crippen LogP contribution in [0.2, 0.25) is 0 Å². The smallest absolute Gasteiger partial charge is 0.0576 e. The summed E-state index contributed by atoms with van der Waals surface area (Å²) in [4.78, 5) is 1.43. The van der Waals surface area contributed by atoms with Gasteiger partial charge in [-0.2, -0.15) is 0 Å². The summed E-state index contributed by atoms with van der Waals surface area (Å²) in [6.07, 6.45) is 5.33. The molecule has 2 unspecified atom stereocenters. The standard InChI is InChI=1S/C13H20BrNOS/c1-2-15-12(13-8-10(14)9-17-13)6-5-11-4-3-7-16-11/h8-9,11-12,15H,2-7H2,1H3. The van der Waals surface area contributed by atoms with E-state index in [-0.39, 0.29) is 0 Å². The topological polar surface area (TPSA) is 21.3 Å². The lowest BCUT2D eigenvalue weighted by Crippen LogP contribution is -2.21. The molecule has 2 atom stereocenters. The highest BCUT2D eigenvalue weighted by Crippen LogP contribution is 2.30. The van der Waals surface area contributed by atoms with E-state index in [2.05, 4.69) is 39.6 Å². The zero-order valence-corrected chi connectivity index (χ0v) is 12.6. The first-order valence-corrected chi connectivity index (χ1v) is 8.05. The Morgan fingerprint density at radius 3 is 3.12 bits per heavy atom. The quantitative estimate of drug-likeness (QED) is 0.852. The van der Waals surface area contributed by atoms with Crippen molar-refractivity contribution in [2.75, 3.05) is 13.2 Å². The minimum atomic E-state index is 0.487. The van der Waals surface area contributed by atoms with Crippen LogP contribution in [0.25, 0.3) is 0 Å². The van der Waals surface area contributed by atoms with Gasteiger partial charge in [-0.15, -0.1) is 11.3 Å². The first-order valence-electron chi connectivity index (χ1n) is 6.38. The Balaban J connectivity index is 1.87. The van der Waals surface area contributed by atoms with Crippen LogP contribution in [-0.4, -0.2) is 19.3 Å². The Morgan fingerprint density at radius 1 is 1.65 bits per heavy atom. The largest absolute Gasteiger partial charge is 0.378 e. The van der Waals surface area contributed by atoms with Crippen LogP contribution >= 0.6 is 27.3 Å². The molecule has 1 aromatic rings. The normalized spacial score (nSPS) is 21.9. The highest BCUT2D eigenvalue weighted by molar-refractivity contribution is 9.10. The number of thiophene rings is 1. The van der Waals surface area contributed by atoms with Gasteiger partial charge < -0.3 is 10.1 Å². The van der Waals surface area contributed by atoms with E-state index < -0.39 is 0 Å². The molecule has 0 amide bonds. The molecule has 2 rings (SSSR count). The Hall–Kier alpha value is 0.1000. The van der Waals surface area contributed by atoms with Crippen LogP contribution in [0.5, 0.6) is 0 Å². The molecule has 0 aromatic carbocycles. The number of hydrogen-bond donors (Lipinski definition) is 1.